The molecule has 0 radical (unpaired) electrons. The van der Waals surface area contributed by atoms with Crippen LogP contribution in [0.3, 0.4) is 0 Å². The van der Waals surface area contributed by atoms with E-state index >= 15 is 0 Å². The summed E-state index contributed by atoms with van der Waals surface area (Å²) >= 11 is 0. The summed E-state index contributed by atoms with van der Waals surface area (Å²) in [6.07, 6.45) is -1.74. The molecule has 1 N–H and O–H groups in total. The third kappa shape index (κ3) is 3.82. The number of carbonyl (C=O) groups excluding carboxylic acids is 2. The van der Waals surface area contributed by atoms with E-state index in [4.69, 9.17) is 0 Å². The molecular weight excluding hydrogens is 299 g/mol. The van der Waals surface area contributed by atoms with Gasteiger partial charge in [-0.2, -0.15) is 13.2 Å². The molecule has 0 bridgehead atoms. The lowest BCUT2D eigenvalue weighted by atomic mass is 9.96. The maximum absolute atomic E-state index is 12.8. The van der Waals surface area contributed by atoms with Crippen LogP contribution in [0.15, 0.2) is 18.5 Å². The minimum absolute atomic E-state index is 0.355. The van der Waals surface area contributed by atoms with Gasteiger partial charge >= 0.3 is 6.18 Å². The van der Waals surface area contributed by atoms with Crippen molar-refractivity contribution >= 4 is 11.8 Å². The smallest absolute Gasteiger partial charge is 0.306 e. The normalized spacial score (nSPS) is 17.3. The second-order valence-electron chi connectivity index (χ2n) is 5.31. The van der Waals surface area contributed by atoms with Crippen molar-refractivity contribution in [3.05, 3.63) is 29.6 Å². The number of rotatable bonds is 2. The summed E-state index contributed by atoms with van der Waals surface area (Å²) in [4.78, 5) is 29.5. The summed E-state index contributed by atoms with van der Waals surface area (Å²) < 4.78 is 38.5. The third-order valence-electron chi connectivity index (χ3n) is 3.70. The molecule has 1 aromatic rings. The van der Waals surface area contributed by atoms with Crippen LogP contribution in [-0.4, -0.2) is 41.8 Å². The molecular formula is C14H16F3N3O2. The van der Waals surface area contributed by atoms with Gasteiger partial charge in [0, 0.05) is 18.3 Å². The fourth-order valence-electron chi connectivity index (χ4n) is 2.37. The molecule has 0 spiro atoms. The van der Waals surface area contributed by atoms with Crippen LogP contribution in [0.25, 0.3) is 0 Å². The van der Waals surface area contributed by atoms with Gasteiger partial charge in [0.15, 0.2) is 0 Å². The fraction of sp³-hybridized carbons (Fsp3) is 0.500. The number of carbonyl (C=O) groups is 2. The standard InChI is InChI=1S/C14H16F3N3O2/c1-20-6-3-9(4-7-20)12(21)19-13(22)10-8-18-5-2-11(10)14(15,16)17/h2,5,8-9H,3-4,6-7H2,1H3,(H,19,21,22). The van der Waals surface area contributed by atoms with E-state index in [-0.39, 0.29) is 5.92 Å². The first-order chi connectivity index (χ1) is 10.3. The van der Waals surface area contributed by atoms with Gasteiger partial charge in [0.1, 0.15) is 0 Å². The van der Waals surface area contributed by atoms with Gasteiger partial charge in [0.25, 0.3) is 5.91 Å². The number of amides is 2. The number of piperidine rings is 1. The van der Waals surface area contributed by atoms with Crippen molar-refractivity contribution in [1.29, 1.82) is 0 Å². The molecule has 0 saturated carbocycles. The van der Waals surface area contributed by atoms with Gasteiger partial charge in [-0.25, -0.2) is 0 Å². The molecule has 1 fully saturated rings. The summed E-state index contributed by atoms with van der Waals surface area (Å²) in [6, 6.07) is 0.717. The summed E-state index contributed by atoms with van der Waals surface area (Å²) in [6.45, 7) is 1.43. The fourth-order valence-corrected chi connectivity index (χ4v) is 2.37. The monoisotopic (exact) mass is 315 g/mol. The minimum atomic E-state index is -4.67. The lowest BCUT2D eigenvalue weighted by Crippen LogP contribution is -2.41. The van der Waals surface area contributed by atoms with Gasteiger partial charge < -0.3 is 4.90 Å². The molecule has 0 aromatic carbocycles. The molecule has 5 nitrogen and oxygen atoms in total. The average Bonchev–Trinajstić information content (AvgIpc) is 2.47. The number of halogens is 3. The zero-order chi connectivity index (χ0) is 16.3. The van der Waals surface area contributed by atoms with Crippen molar-refractivity contribution in [3.63, 3.8) is 0 Å². The van der Waals surface area contributed by atoms with Crippen LogP contribution >= 0.6 is 0 Å². The maximum atomic E-state index is 12.8. The molecule has 1 aromatic heterocycles. The Morgan fingerprint density at radius 2 is 1.95 bits per heavy atom. The Bertz CT molecular complexity index is 567. The van der Waals surface area contributed by atoms with Crippen molar-refractivity contribution < 1.29 is 22.8 Å². The second-order valence-corrected chi connectivity index (χ2v) is 5.31. The summed E-state index contributed by atoms with van der Waals surface area (Å²) in [5.41, 5.74) is -1.74. The minimum Gasteiger partial charge on any atom is -0.306 e. The quantitative estimate of drug-likeness (QED) is 0.844. The molecule has 2 rings (SSSR count). The third-order valence-corrected chi connectivity index (χ3v) is 3.70. The SMILES string of the molecule is CN1CCC(C(=O)NC(=O)c2cnccc2C(F)(F)F)CC1. The molecule has 22 heavy (non-hydrogen) atoms. The van der Waals surface area contributed by atoms with E-state index in [0.29, 0.717) is 25.9 Å². The number of alkyl halides is 3. The highest BCUT2D eigenvalue weighted by molar-refractivity contribution is 6.06. The highest BCUT2D eigenvalue weighted by Gasteiger charge is 2.36. The summed E-state index contributed by atoms with van der Waals surface area (Å²) in [5, 5.41) is 2.06. The lowest BCUT2D eigenvalue weighted by Gasteiger charge is -2.27. The number of hydrogen-bond acceptors (Lipinski definition) is 4. The van der Waals surface area contributed by atoms with E-state index in [0.717, 1.165) is 18.5 Å². The zero-order valence-electron chi connectivity index (χ0n) is 12.0. The molecule has 8 heteroatoms. The molecule has 0 aliphatic carbocycles. The Labute approximate surface area is 125 Å². The van der Waals surface area contributed by atoms with Crippen molar-refractivity contribution in [2.75, 3.05) is 20.1 Å². The number of hydrogen-bond donors (Lipinski definition) is 1. The van der Waals surface area contributed by atoms with E-state index in [2.05, 4.69) is 15.2 Å². The number of aromatic nitrogens is 1. The predicted molar refractivity (Wildman–Crippen MR) is 71.9 cm³/mol. The van der Waals surface area contributed by atoms with E-state index in [1.165, 1.54) is 0 Å². The van der Waals surface area contributed by atoms with Crippen LogP contribution in [0.5, 0.6) is 0 Å². The number of nitrogens with zero attached hydrogens (tertiary/aromatic N) is 2. The van der Waals surface area contributed by atoms with Crippen LogP contribution in [-0.2, 0) is 11.0 Å². The van der Waals surface area contributed by atoms with Gasteiger partial charge in [-0.1, -0.05) is 0 Å². The predicted octanol–water partition coefficient (Wildman–Crippen LogP) is 1.70. The Kier molecular flexibility index (Phi) is 4.80. The topological polar surface area (TPSA) is 62.3 Å². The summed E-state index contributed by atoms with van der Waals surface area (Å²) in [5.74, 6) is -1.95. The molecule has 0 atom stereocenters. The summed E-state index contributed by atoms with van der Waals surface area (Å²) in [7, 11) is 1.92. The first-order valence-corrected chi connectivity index (χ1v) is 6.84. The highest BCUT2D eigenvalue weighted by Crippen LogP contribution is 2.31. The van der Waals surface area contributed by atoms with Crippen LogP contribution < -0.4 is 5.32 Å². The van der Waals surface area contributed by atoms with Crippen molar-refractivity contribution in [2.24, 2.45) is 5.92 Å². The molecule has 1 aliphatic heterocycles. The maximum Gasteiger partial charge on any atom is 0.417 e. The van der Waals surface area contributed by atoms with Gasteiger partial charge in [0.2, 0.25) is 5.91 Å². The zero-order valence-corrected chi connectivity index (χ0v) is 12.0. The molecule has 1 saturated heterocycles. The van der Waals surface area contributed by atoms with Crippen LogP contribution in [0.2, 0.25) is 0 Å². The molecule has 120 valence electrons. The van der Waals surface area contributed by atoms with E-state index in [1.807, 2.05) is 7.05 Å². The van der Waals surface area contributed by atoms with Gasteiger partial charge in [0.05, 0.1) is 11.1 Å². The van der Waals surface area contributed by atoms with E-state index < -0.39 is 29.1 Å². The van der Waals surface area contributed by atoms with Crippen LogP contribution in [0.4, 0.5) is 13.2 Å². The van der Waals surface area contributed by atoms with Gasteiger partial charge in [-0.15, -0.1) is 0 Å². The lowest BCUT2D eigenvalue weighted by molar-refractivity contribution is -0.138. The number of nitrogens with one attached hydrogen (secondary N) is 1. The highest BCUT2D eigenvalue weighted by atomic mass is 19.4. The van der Waals surface area contributed by atoms with Crippen LogP contribution in [0, 0.1) is 5.92 Å². The molecule has 1 aliphatic rings. The molecule has 2 amide bonds. The van der Waals surface area contributed by atoms with Crippen molar-refractivity contribution in [3.8, 4) is 0 Å². The Balaban J connectivity index is 2.08. The number of imide groups is 1. The largest absolute Gasteiger partial charge is 0.417 e. The first-order valence-electron chi connectivity index (χ1n) is 6.84. The molecule has 2 heterocycles. The Morgan fingerprint density at radius 1 is 1.32 bits per heavy atom. The molecule has 0 unspecified atom stereocenters. The average molecular weight is 315 g/mol. The Hall–Kier alpha value is -1.96. The van der Waals surface area contributed by atoms with E-state index in [9.17, 15) is 22.8 Å². The van der Waals surface area contributed by atoms with Crippen molar-refractivity contribution in [1.82, 2.24) is 15.2 Å². The van der Waals surface area contributed by atoms with E-state index in [1.54, 1.807) is 0 Å². The van der Waals surface area contributed by atoms with Gasteiger partial charge in [-0.3, -0.25) is 19.9 Å². The van der Waals surface area contributed by atoms with Crippen molar-refractivity contribution in [2.45, 2.75) is 19.0 Å². The number of pyridine rings is 1. The second kappa shape index (κ2) is 6.43. The van der Waals surface area contributed by atoms with Crippen LogP contribution in [0.1, 0.15) is 28.8 Å². The first kappa shape index (κ1) is 16.4. The van der Waals surface area contributed by atoms with Gasteiger partial charge in [-0.05, 0) is 39.0 Å². The number of likely N-dealkylation sites (tertiary alicyclic amines) is 1. The Morgan fingerprint density at radius 3 is 2.55 bits per heavy atom.